The van der Waals surface area contributed by atoms with Crippen LogP contribution in [-0.2, 0) is 25.7 Å². The molecule has 0 spiro atoms. The van der Waals surface area contributed by atoms with Crippen molar-refractivity contribution >= 4 is 23.2 Å². The van der Waals surface area contributed by atoms with Crippen molar-refractivity contribution in [2.24, 2.45) is 0 Å². The highest BCUT2D eigenvalue weighted by atomic mass is 16.5. The van der Waals surface area contributed by atoms with Crippen molar-refractivity contribution in [1.82, 2.24) is 0 Å². The van der Waals surface area contributed by atoms with Crippen LogP contribution < -0.4 is 10.1 Å². The van der Waals surface area contributed by atoms with Gasteiger partial charge in [-0.1, -0.05) is 18.2 Å². The van der Waals surface area contributed by atoms with Crippen LogP contribution in [0.15, 0.2) is 60.0 Å². The van der Waals surface area contributed by atoms with Gasteiger partial charge in [-0.2, -0.15) is 0 Å². The first-order valence-electron chi connectivity index (χ1n) is 9.15. The molecule has 0 unspecified atom stereocenters. The zero-order valence-corrected chi connectivity index (χ0v) is 16.2. The minimum Gasteiger partial charge on any atom is -0.493 e. The normalized spacial score (nSPS) is 13.1. The van der Waals surface area contributed by atoms with Crippen molar-refractivity contribution in [3.8, 4) is 5.75 Å². The Bertz CT molecular complexity index is 965. The van der Waals surface area contributed by atoms with Gasteiger partial charge in [-0.05, 0) is 44.2 Å². The average Bonchev–Trinajstić information content (AvgIpc) is 3.08. The predicted octanol–water partition coefficient (Wildman–Crippen LogP) is 3.25. The number of rotatable bonds is 8. The van der Waals surface area contributed by atoms with Crippen molar-refractivity contribution in [3.63, 3.8) is 0 Å². The first-order valence-corrected chi connectivity index (χ1v) is 9.15. The van der Waals surface area contributed by atoms with E-state index in [1.807, 2.05) is 25.1 Å². The van der Waals surface area contributed by atoms with E-state index in [2.05, 4.69) is 5.32 Å². The number of esters is 1. The molecular formula is C22H21NO6. The molecule has 0 aromatic heterocycles. The standard InChI is InChI=1S/C22H21NO6/c1-3-27-19-10-9-15(14(2)24)11-16(19)12-29-22(26)20-18(25)13-28-21(20)23-17-7-5-4-6-8-17/h4-11,23H,3,12-13H2,1-2H3. The number of hydrogen-bond donors (Lipinski definition) is 1. The molecule has 0 amide bonds. The highest BCUT2D eigenvalue weighted by Crippen LogP contribution is 2.24. The molecule has 0 fully saturated rings. The van der Waals surface area contributed by atoms with Crippen molar-refractivity contribution in [1.29, 1.82) is 0 Å². The zero-order valence-electron chi connectivity index (χ0n) is 16.2. The SMILES string of the molecule is CCOc1ccc(C(C)=O)cc1COC(=O)C1=C(Nc2ccccc2)OCC1=O. The van der Waals surface area contributed by atoms with Crippen LogP contribution in [0.4, 0.5) is 5.69 Å². The largest absolute Gasteiger partial charge is 0.493 e. The van der Waals surface area contributed by atoms with Gasteiger partial charge < -0.3 is 19.5 Å². The molecule has 1 aliphatic heterocycles. The fourth-order valence-corrected chi connectivity index (χ4v) is 2.79. The second-order valence-electron chi connectivity index (χ2n) is 6.29. The Morgan fingerprint density at radius 3 is 2.59 bits per heavy atom. The number of Topliss-reactive ketones (excluding diaryl/α,β-unsaturated/α-hetero) is 2. The van der Waals surface area contributed by atoms with Gasteiger partial charge in [0.15, 0.2) is 18.0 Å². The molecule has 0 radical (unpaired) electrons. The number of nitrogens with one attached hydrogen (secondary N) is 1. The molecule has 2 aromatic rings. The Balaban J connectivity index is 1.78. The van der Waals surface area contributed by atoms with Crippen LogP contribution in [0.3, 0.4) is 0 Å². The van der Waals surface area contributed by atoms with Crippen molar-refractivity contribution in [2.45, 2.75) is 20.5 Å². The summed E-state index contributed by atoms with van der Waals surface area (Å²) in [6.07, 6.45) is 0. The number of carbonyl (C=O) groups is 3. The number of benzene rings is 2. The molecule has 150 valence electrons. The highest BCUT2D eigenvalue weighted by Gasteiger charge is 2.32. The maximum Gasteiger partial charge on any atom is 0.347 e. The van der Waals surface area contributed by atoms with Gasteiger partial charge in [-0.3, -0.25) is 9.59 Å². The summed E-state index contributed by atoms with van der Waals surface area (Å²) in [6.45, 7) is 3.32. The van der Waals surface area contributed by atoms with Gasteiger partial charge in [0.25, 0.3) is 0 Å². The van der Waals surface area contributed by atoms with Crippen LogP contribution in [0.25, 0.3) is 0 Å². The minimum atomic E-state index is -0.804. The first kappa shape index (κ1) is 20.1. The quantitative estimate of drug-likeness (QED) is 0.417. The molecule has 1 aliphatic rings. The summed E-state index contributed by atoms with van der Waals surface area (Å²) in [5, 5.41) is 2.92. The summed E-state index contributed by atoms with van der Waals surface area (Å²) in [5.41, 5.74) is 1.52. The summed E-state index contributed by atoms with van der Waals surface area (Å²) in [6, 6.07) is 14.0. The molecule has 0 aliphatic carbocycles. The second-order valence-corrected chi connectivity index (χ2v) is 6.29. The molecule has 2 aromatic carbocycles. The van der Waals surface area contributed by atoms with Crippen LogP contribution in [0.5, 0.6) is 5.75 Å². The Hall–Kier alpha value is -3.61. The number of para-hydroxylation sites is 1. The fraction of sp³-hybridized carbons (Fsp3) is 0.227. The third-order valence-electron chi connectivity index (χ3n) is 4.21. The molecule has 1 N–H and O–H groups in total. The number of ketones is 2. The van der Waals surface area contributed by atoms with Crippen molar-refractivity contribution in [2.75, 3.05) is 18.5 Å². The summed E-state index contributed by atoms with van der Waals surface area (Å²) < 4.78 is 16.2. The van der Waals surface area contributed by atoms with E-state index in [9.17, 15) is 14.4 Å². The molecule has 0 saturated heterocycles. The molecule has 0 atom stereocenters. The fourth-order valence-electron chi connectivity index (χ4n) is 2.79. The molecule has 0 bridgehead atoms. The topological polar surface area (TPSA) is 90.9 Å². The van der Waals surface area contributed by atoms with E-state index in [0.29, 0.717) is 29.2 Å². The number of hydrogen-bond acceptors (Lipinski definition) is 7. The lowest BCUT2D eigenvalue weighted by atomic mass is 10.1. The van der Waals surface area contributed by atoms with E-state index in [1.54, 1.807) is 30.3 Å². The van der Waals surface area contributed by atoms with Crippen LogP contribution in [0.1, 0.15) is 29.8 Å². The van der Waals surface area contributed by atoms with Crippen LogP contribution >= 0.6 is 0 Å². The van der Waals surface area contributed by atoms with Gasteiger partial charge in [0, 0.05) is 16.8 Å². The summed E-state index contributed by atoms with van der Waals surface area (Å²) in [4.78, 5) is 36.4. The lowest BCUT2D eigenvalue weighted by Crippen LogP contribution is -2.17. The Kier molecular flexibility index (Phi) is 6.29. The highest BCUT2D eigenvalue weighted by molar-refractivity contribution is 6.19. The molecule has 7 nitrogen and oxygen atoms in total. The van der Waals surface area contributed by atoms with Gasteiger partial charge in [0.2, 0.25) is 11.7 Å². The van der Waals surface area contributed by atoms with Gasteiger partial charge >= 0.3 is 5.97 Å². The van der Waals surface area contributed by atoms with E-state index in [0.717, 1.165) is 0 Å². The average molecular weight is 395 g/mol. The molecule has 1 heterocycles. The molecule has 29 heavy (non-hydrogen) atoms. The van der Waals surface area contributed by atoms with E-state index in [1.165, 1.54) is 6.92 Å². The van der Waals surface area contributed by atoms with E-state index >= 15 is 0 Å². The number of anilines is 1. The van der Waals surface area contributed by atoms with Gasteiger partial charge in [0.1, 0.15) is 12.4 Å². The molecular weight excluding hydrogens is 374 g/mol. The third-order valence-corrected chi connectivity index (χ3v) is 4.21. The molecule has 0 saturated carbocycles. The van der Waals surface area contributed by atoms with E-state index in [-0.39, 0.29) is 30.5 Å². The summed E-state index contributed by atoms with van der Waals surface area (Å²) in [7, 11) is 0. The third kappa shape index (κ3) is 4.82. The summed E-state index contributed by atoms with van der Waals surface area (Å²) in [5.74, 6) is -0.806. The Labute approximate surface area is 168 Å². The van der Waals surface area contributed by atoms with E-state index < -0.39 is 11.8 Å². The van der Waals surface area contributed by atoms with Crippen LogP contribution in [0, 0.1) is 0 Å². The number of ether oxygens (including phenoxy) is 3. The molecule has 7 heteroatoms. The minimum absolute atomic E-state index is 0.0636. The van der Waals surface area contributed by atoms with Crippen LogP contribution in [0.2, 0.25) is 0 Å². The van der Waals surface area contributed by atoms with Gasteiger partial charge in [0.05, 0.1) is 6.61 Å². The Morgan fingerprint density at radius 1 is 1.14 bits per heavy atom. The second kappa shape index (κ2) is 9.05. The number of carbonyl (C=O) groups excluding carboxylic acids is 3. The van der Waals surface area contributed by atoms with E-state index in [4.69, 9.17) is 14.2 Å². The van der Waals surface area contributed by atoms with Crippen molar-refractivity contribution in [3.05, 3.63) is 71.1 Å². The van der Waals surface area contributed by atoms with Gasteiger partial charge in [-0.15, -0.1) is 0 Å². The lowest BCUT2D eigenvalue weighted by molar-refractivity contribution is -0.141. The van der Waals surface area contributed by atoms with Gasteiger partial charge in [-0.25, -0.2) is 4.79 Å². The smallest absolute Gasteiger partial charge is 0.347 e. The summed E-state index contributed by atoms with van der Waals surface area (Å²) >= 11 is 0. The van der Waals surface area contributed by atoms with Crippen LogP contribution in [-0.4, -0.2) is 30.7 Å². The molecule has 3 rings (SSSR count). The maximum absolute atomic E-state index is 12.6. The first-order chi connectivity index (χ1) is 14.0. The zero-order chi connectivity index (χ0) is 20.8. The predicted molar refractivity (Wildman–Crippen MR) is 105 cm³/mol. The maximum atomic E-state index is 12.6. The Morgan fingerprint density at radius 2 is 1.90 bits per heavy atom. The van der Waals surface area contributed by atoms with Crippen molar-refractivity contribution < 1.29 is 28.6 Å². The monoisotopic (exact) mass is 395 g/mol. The lowest BCUT2D eigenvalue weighted by Gasteiger charge is -2.12.